The number of alkyl halides is 3. The lowest BCUT2D eigenvalue weighted by atomic mass is 9.98. The Bertz CT molecular complexity index is 583. The van der Waals surface area contributed by atoms with E-state index in [9.17, 15) is 21.6 Å². The molecular formula is C11H12F3NO3S. The van der Waals surface area contributed by atoms with Crippen LogP contribution in [0.5, 0.6) is 5.75 Å². The normalized spacial score (nSPS) is 19.5. The van der Waals surface area contributed by atoms with Gasteiger partial charge in [-0.15, -0.1) is 0 Å². The summed E-state index contributed by atoms with van der Waals surface area (Å²) in [4.78, 5) is 0. The van der Waals surface area contributed by atoms with Crippen LogP contribution in [-0.2, 0) is 16.5 Å². The van der Waals surface area contributed by atoms with Gasteiger partial charge in [0, 0.05) is 17.3 Å². The molecule has 19 heavy (non-hydrogen) atoms. The summed E-state index contributed by atoms with van der Waals surface area (Å²) in [5.74, 6) is -0.269. The number of nitrogens with one attached hydrogen (secondary N) is 1. The van der Waals surface area contributed by atoms with E-state index in [4.69, 9.17) is 0 Å². The van der Waals surface area contributed by atoms with Crippen LogP contribution in [0.15, 0.2) is 18.2 Å². The number of hydrogen-bond donors (Lipinski definition) is 1. The highest BCUT2D eigenvalue weighted by Gasteiger charge is 2.48. The Hall–Kier alpha value is -1.44. The second-order valence-electron chi connectivity index (χ2n) is 4.35. The van der Waals surface area contributed by atoms with E-state index >= 15 is 0 Å². The molecule has 0 unspecified atom stereocenters. The molecule has 1 atom stereocenters. The summed E-state index contributed by atoms with van der Waals surface area (Å²) in [6.07, 6.45) is 1.16. The maximum absolute atomic E-state index is 12.3. The van der Waals surface area contributed by atoms with Crippen molar-refractivity contribution in [3.8, 4) is 5.75 Å². The van der Waals surface area contributed by atoms with Gasteiger partial charge < -0.3 is 9.50 Å². The quantitative estimate of drug-likeness (QED) is 0.673. The van der Waals surface area contributed by atoms with E-state index < -0.39 is 15.6 Å². The van der Waals surface area contributed by atoms with Crippen LogP contribution in [0.25, 0.3) is 0 Å². The summed E-state index contributed by atoms with van der Waals surface area (Å²) >= 11 is 0. The molecule has 1 N–H and O–H groups in total. The second kappa shape index (κ2) is 4.59. The first kappa shape index (κ1) is 14.0. The molecule has 0 bridgehead atoms. The lowest BCUT2D eigenvalue weighted by Crippen LogP contribution is -2.29. The van der Waals surface area contributed by atoms with Crippen LogP contribution in [-0.4, -0.2) is 20.0 Å². The third-order valence-electron chi connectivity index (χ3n) is 2.85. The molecule has 1 aliphatic rings. The minimum Gasteiger partial charge on any atom is -0.382 e. The average Bonchev–Trinajstić information content (AvgIpc) is 2.26. The van der Waals surface area contributed by atoms with Crippen molar-refractivity contribution < 1.29 is 25.8 Å². The van der Waals surface area contributed by atoms with Gasteiger partial charge >= 0.3 is 15.6 Å². The van der Waals surface area contributed by atoms with Gasteiger partial charge in [-0.05, 0) is 31.9 Å². The lowest BCUT2D eigenvalue weighted by Gasteiger charge is -2.25. The van der Waals surface area contributed by atoms with Gasteiger partial charge in [0.05, 0.1) is 0 Å². The zero-order chi connectivity index (χ0) is 14.3. The van der Waals surface area contributed by atoms with Gasteiger partial charge in [0.25, 0.3) is 0 Å². The monoisotopic (exact) mass is 295 g/mol. The van der Waals surface area contributed by atoms with Crippen LogP contribution < -0.4 is 9.50 Å². The summed E-state index contributed by atoms with van der Waals surface area (Å²) in [5, 5.41) is 3.07. The van der Waals surface area contributed by atoms with Crippen molar-refractivity contribution in [2.45, 2.75) is 31.3 Å². The highest BCUT2D eigenvalue weighted by Crippen LogP contribution is 2.35. The van der Waals surface area contributed by atoms with E-state index in [0.29, 0.717) is 24.1 Å². The molecule has 106 valence electrons. The van der Waals surface area contributed by atoms with Crippen LogP contribution in [0.2, 0.25) is 0 Å². The Kier molecular flexibility index (Phi) is 3.38. The predicted molar refractivity (Wildman–Crippen MR) is 63.5 cm³/mol. The van der Waals surface area contributed by atoms with Gasteiger partial charge in [0.1, 0.15) is 5.75 Å². The lowest BCUT2D eigenvalue weighted by molar-refractivity contribution is -0.0500. The van der Waals surface area contributed by atoms with Gasteiger partial charge in [0.2, 0.25) is 0 Å². The minimum atomic E-state index is -5.63. The van der Waals surface area contributed by atoms with Crippen molar-refractivity contribution in [1.82, 2.24) is 0 Å². The smallest absolute Gasteiger partial charge is 0.382 e. The fourth-order valence-electron chi connectivity index (χ4n) is 1.90. The van der Waals surface area contributed by atoms with Crippen LogP contribution >= 0.6 is 0 Å². The SMILES string of the molecule is C[C@H]1CCc2c(cccc2OS(=O)(=O)C(F)(F)F)N1. The van der Waals surface area contributed by atoms with Crippen molar-refractivity contribution in [2.75, 3.05) is 5.32 Å². The number of hydrogen-bond acceptors (Lipinski definition) is 4. The van der Waals surface area contributed by atoms with Gasteiger partial charge in [-0.1, -0.05) is 6.07 Å². The summed E-state index contributed by atoms with van der Waals surface area (Å²) in [6, 6.07) is 4.53. The Morgan fingerprint density at radius 1 is 1.37 bits per heavy atom. The number of benzene rings is 1. The minimum absolute atomic E-state index is 0.182. The van der Waals surface area contributed by atoms with Crippen LogP contribution in [0, 0.1) is 0 Å². The molecule has 0 aromatic heterocycles. The Morgan fingerprint density at radius 2 is 2.05 bits per heavy atom. The third-order valence-corrected chi connectivity index (χ3v) is 3.81. The molecule has 2 rings (SSSR count). The molecule has 0 saturated carbocycles. The Balaban J connectivity index is 2.36. The first-order valence-corrected chi connectivity index (χ1v) is 7.01. The summed E-state index contributed by atoms with van der Waals surface area (Å²) < 4.78 is 63.1. The van der Waals surface area contributed by atoms with Crippen molar-refractivity contribution in [3.63, 3.8) is 0 Å². The van der Waals surface area contributed by atoms with Crippen LogP contribution in [0.3, 0.4) is 0 Å². The average molecular weight is 295 g/mol. The van der Waals surface area contributed by atoms with E-state index in [-0.39, 0.29) is 11.8 Å². The highest BCUT2D eigenvalue weighted by atomic mass is 32.2. The molecule has 0 amide bonds. The summed E-state index contributed by atoms with van der Waals surface area (Å²) in [5.41, 5.74) is -4.37. The molecule has 1 aromatic rings. The summed E-state index contributed by atoms with van der Waals surface area (Å²) in [7, 11) is -5.63. The van der Waals surface area contributed by atoms with Gasteiger partial charge in [-0.2, -0.15) is 21.6 Å². The summed E-state index contributed by atoms with van der Waals surface area (Å²) in [6.45, 7) is 1.93. The molecule has 8 heteroatoms. The second-order valence-corrected chi connectivity index (χ2v) is 5.89. The van der Waals surface area contributed by atoms with Crippen molar-refractivity contribution in [2.24, 2.45) is 0 Å². The fraction of sp³-hybridized carbons (Fsp3) is 0.455. The number of rotatable bonds is 2. The van der Waals surface area contributed by atoms with E-state index in [1.165, 1.54) is 12.1 Å². The molecule has 0 radical (unpaired) electrons. The zero-order valence-electron chi connectivity index (χ0n) is 9.99. The zero-order valence-corrected chi connectivity index (χ0v) is 10.8. The molecule has 1 aromatic carbocycles. The first-order valence-electron chi connectivity index (χ1n) is 5.60. The molecule has 1 aliphatic heterocycles. The highest BCUT2D eigenvalue weighted by molar-refractivity contribution is 7.88. The molecule has 0 fully saturated rings. The van der Waals surface area contributed by atoms with E-state index in [0.717, 1.165) is 0 Å². The molecule has 0 spiro atoms. The van der Waals surface area contributed by atoms with Gasteiger partial charge in [-0.3, -0.25) is 0 Å². The topological polar surface area (TPSA) is 55.4 Å². The Labute approximate surface area is 108 Å². The predicted octanol–water partition coefficient (Wildman–Crippen LogP) is 2.66. The maximum Gasteiger partial charge on any atom is 0.534 e. The number of halogens is 3. The van der Waals surface area contributed by atoms with Gasteiger partial charge in [0.15, 0.2) is 0 Å². The molecule has 1 heterocycles. The third kappa shape index (κ3) is 2.78. The van der Waals surface area contributed by atoms with E-state index in [1.807, 2.05) is 6.92 Å². The van der Waals surface area contributed by atoms with Gasteiger partial charge in [-0.25, -0.2) is 0 Å². The van der Waals surface area contributed by atoms with Crippen LogP contribution in [0.1, 0.15) is 18.9 Å². The van der Waals surface area contributed by atoms with E-state index in [2.05, 4.69) is 9.50 Å². The number of anilines is 1. The van der Waals surface area contributed by atoms with Crippen LogP contribution in [0.4, 0.5) is 18.9 Å². The fourth-order valence-corrected chi connectivity index (χ4v) is 2.39. The maximum atomic E-state index is 12.3. The standard InChI is InChI=1S/C11H12F3NO3S/c1-7-5-6-8-9(15-7)3-2-4-10(8)18-19(16,17)11(12,13)14/h2-4,7,15H,5-6H2,1H3/t7-/m0/s1. The molecular weight excluding hydrogens is 283 g/mol. The largest absolute Gasteiger partial charge is 0.534 e. The van der Waals surface area contributed by atoms with Crippen molar-refractivity contribution in [3.05, 3.63) is 23.8 Å². The first-order chi connectivity index (χ1) is 8.71. The van der Waals surface area contributed by atoms with Crippen molar-refractivity contribution >= 4 is 15.8 Å². The Morgan fingerprint density at radius 3 is 2.68 bits per heavy atom. The van der Waals surface area contributed by atoms with Crippen molar-refractivity contribution in [1.29, 1.82) is 0 Å². The molecule has 0 saturated heterocycles. The molecule has 4 nitrogen and oxygen atoms in total. The van der Waals surface area contributed by atoms with E-state index in [1.54, 1.807) is 6.07 Å². The number of fused-ring (bicyclic) bond motifs is 1. The molecule has 0 aliphatic carbocycles.